The van der Waals surface area contributed by atoms with E-state index in [2.05, 4.69) is 5.32 Å². The van der Waals surface area contributed by atoms with E-state index in [1.54, 1.807) is 0 Å². The van der Waals surface area contributed by atoms with Crippen LogP contribution in [-0.4, -0.2) is 56.4 Å². The van der Waals surface area contributed by atoms with E-state index < -0.39 is 9.84 Å². The van der Waals surface area contributed by atoms with Crippen molar-refractivity contribution in [2.75, 3.05) is 31.1 Å². The van der Waals surface area contributed by atoms with Crippen LogP contribution in [-0.2, 0) is 14.6 Å². The Balaban J connectivity index is 1.50. The van der Waals surface area contributed by atoms with Crippen LogP contribution in [0.25, 0.3) is 0 Å². The minimum Gasteiger partial charge on any atom is -0.343 e. The molecule has 1 unspecified atom stereocenters. The van der Waals surface area contributed by atoms with Gasteiger partial charge in [0.1, 0.15) is 0 Å². The Morgan fingerprint density at radius 1 is 1.14 bits per heavy atom. The highest BCUT2D eigenvalue weighted by Crippen LogP contribution is 2.46. The van der Waals surface area contributed by atoms with Crippen molar-refractivity contribution in [3.8, 4) is 0 Å². The molecule has 0 radical (unpaired) electrons. The normalized spacial score (nSPS) is 31.4. The van der Waals surface area contributed by atoms with E-state index in [0.717, 1.165) is 25.9 Å². The summed E-state index contributed by atoms with van der Waals surface area (Å²) in [5, 5.41) is 3.17. The van der Waals surface area contributed by atoms with Crippen molar-refractivity contribution in [2.45, 2.75) is 51.0 Å². The summed E-state index contributed by atoms with van der Waals surface area (Å²) in [5.74, 6) is 0.429. The molecule has 1 atom stereocenters. The van der Waals surface area contributed by atoms with Crippen LogP contribution in [0, 0.1) is 5.41 Å². The number of amides is 1. The largest absolute Gasteiger partial charge is 0.343 e. The summed E-state index contributed by atoms with van der Waals surface area (Å²) in [6.07, 6.45) is 7.95. The Kier molecular flexibility index (Phi) is 4.28. The third-order valence-corrected chi connectivity index (χ3v) is 7.30. The number of nitrogens with one attached hydrogen (secondary N) is 1. The van der Waals surface area contributed by atoms with Gasteiger partial charge in [-0.3, -0.25) is 4.79 Å². The van der Waals surface area contributed by atoms with Gasteiger partial charge in [0.05, 0.1) is 11.5 Å². The van der Waals surface area contributed by atoms with Gasteiger partial charge in [-0.1, -0.05) is 12.8 Å². The summed E-state index contributed by atoms with van der Waals surface area (Å²) in [4.78, 5) is 14.3. The van der Waals surface area contributed by atoms with E-state index in [0.29, 0.717) is 18.4 Å². The van der Waals surface area contributed by atoms with Gasteiger partial charge in [-0.15, -0.1) is 0 Å². The molecule has 2 aliphatic heterocycles. The third kappa shape index (κ3) is 3.59. The Bertz CT molecular complexity index is 487. The van der Waals surface area contributed by atoms with Crippen LogP contribution in [0.1, 0.15) is 44.9 Å². The first kappa shape index (κ1) is 15.3. The summed E-state index contributed by atoms with van der Waals surface area (Å²) in [7, 11) is -2.96. The van der Waals surface area contributed by atoms with Crippen molar-refractivity contribution in [3.05, 3.63) is 0 Å². The molecule has 3 aliphatic rings. The van der Waals surface area contributed by atoms with E-state index in [4.69, 9.17) is 0 Å². The number of likely N-dealkylation sites (tertiary alicyclic amines) is 1. The molecule has 1 amide bonds. The van der Waals surface area contributed by atoms with Crippen molar-refractivity contribution in [2.24, 2.45) is 5.41 Å². The number of carbonyl (C=O) groups is 1. The third-order valence-electron chi connectivity index (χ3n) is 5.56. The van der Waals surface area contributed by atoms with Crippen LogP contribution >= 0.6 is 0 Å². The summed E-state index contributed by atoms with van der Waals surface area (Å²) < 4.78 is 23.2. The second-order valence-corrected chi connectivity index (χ2v) is 9.29. The summed E-state index contributed by atoms with van der Waals surface area (Å²) >= 11 is 0. The minimum absolute atomic E-state index is 0.108. The Labute approximate surface area is 127 Å². The molecule has 120 valence electrons. The molecule has 6 heteroatoms. The molecule has 1 saturated carbocycles. The molecule has 3 rings (SSSR count). The average Bonchev–Trinajstić information content (AvgIpc) is 2.86. The number of hydrogen-bond acceptors (Lipinski definition) is 4. The van der Waals surface area contributed by atoms with E-state index in [1.165, 1.54) is 25.7 Å². The molecule has 2 heterocycles. The number of carbonyl (C=O) groups excluding carboxylic acids is 1. The van der Waals surface area contributed by atoms with Gasteiger partial charge in [0.2, 0.25) is 5.91 Å². The second kappa shape index (κ2) is 5.88. The predicted octanol–water partition coefficient (Wildman–Crippen LogP) is 0.946. The first-order valence-electron chi connectivity index (χ1n) is 8.20. The minimum atomic E-state index is -2.96. The molecule has 5 nitrogen and oxygen atoms in total. The molecule has 0 aromatic rings. The molecule has 1 aliphatic carbocycles. The molecular weight excluding hydrogens is 288 g/mol. The molecular formula is C15H26N2O3S. The molecule has 1 N–H and O–H groups in total. The molecule has 1 spiro atoms. The molecule has 21 heavy (non-hydrogen) atoms. The molecule has 3 fully saturated rings. The topological polar surface area (TPSA) is 66.5 Å². The maximum atomic E-state index is 12.4. The quantitative estimate of drug-likeness (QED) is 0.824. The summed E-state index contributed by atoms with van der Waals surface area (Å²) in [6.45, 7) is 2.19. The van der Waals surface area contributed by atoms with Crippen LogP contribution in [0.3, 0.4) is 0 Å². The lowest BCUT2D eigenvalue weighted by Crippen LogP contribution is -2.49. The van der Waals surface area contributed by atoms with Gasteiger partial charge in [-0.05, 0) is 31.1 Å². The first-order valence-corrected chi connectivity index (χ1v) is 10.0. The molecule has 0 aromatic heterocycles. The number of hydrogen-bond donors (Lipinski definition) is 1. The fourth-order valence-electron chi connectivity index (χ4n) is 4.19. The molecule has 0 bridgehead atoms. The van der Waals surface area contributed by atoms with Crippen LogP contribution in [0.2, 0.25) is 0 Å². The van der Waals surface area contributed by atoms with Crippen molar-refractivity contribution < 1.29 is 13.2 Å². The summed E-state index contributed by atoms with van der Waals surface area (Å²) in [6, 6.07) is -0.196. The van der Waals surface area contributed by atoms with Gasteiger partial charge < -0.3 is 10.2 Å². The number of sulfone groups is 1. The predicted molar refractivity (Wildman–Crippen MR) is 81.8 cm³/mol. The molecule has 0 aromatic carbocycles. The molecule has 2 saturated heterocycles. The Morgan fingerprint density at radius 2 is 1.81 bits per heavy atom. The zero-order chi connectivity index (χ0) is 14.9. The van der Waals surface area contributed by atoms with Gasteiger partial charge >= 0.3 is 0 Å². The van der Waals surface area contributed by atoms with Gasteiger partial charge in [0, 0.05) is 32.1 Å². The van der Waals surface area contributed by atoms with Crippen molar-refractivity contribution in [3.63, 3.8) is 0 Å². The van der Waals surface area contributed by atoms with Gasteiger partial charge in [-0.2, -0.15) is 0 Å². The highest BCUT2D eigenvalue weighted by atomic mass is 32.2. The van der Waals surface area contributed by atoms with Crippen LogP contribution in [0.4, 0.5) is 0 Å². The van der Waals surface area contributed by atoms with Crippen LogP contribution in [0.5, 0.6) is 0 Å². The van der Waals surface area contributed by atoms with Crippen LogP contribution in [0.15, 0.2) is 0 Å². The average molecular weight is 314 g/mol. The highest BCUT2D eigenvalue weighted by molar-refractivity contribution is 7.91. The van der Waals surface area contributed by atoms with E-state index in [9.17, 15) is 13.2 Å². The number of rotatable bonds is 2. The maximum absolute atomic E-state index is 12.4. The lowest BCUT2D eigenvalue weighted by atomic mass is 9.77. The zero-order valence-corrected chi connectivity index (χ0v) is 13.5. The van der Waals surface area contributed by atoms with Crippen molar-refractivity contribution >= 4 is 15.7 Å². The van der Waals surface area contributed by atoms with E-state index in [-0.39, 0.29) is 23.5 Å². The van der Waals surface area contributed by atoms with Gasteiger partial charge in [0.15, 0.2) is 9.84 Å². The van der Waals surface area contributed by atoms with Crippen molar-refractivity contribution in [1.82, 2.24) is 10.2 Å². The van der Waals surface area contributed by atoms with Crippen molar-refractivity contribution in [1.29, 1.82) is 0 Å². The fraction of sp³-hybridized carbons (Fsp3) is 0.933. The SMILES string of the molecule is O=C(CC1CS(=O)(=O)CCN1)N1CCC2(CCCC2)CC1. The lowest BCUT2D eigenvalue weighted by Gasteiger charge is -2.40. The fourth-order valence-corrected chi connectivity index (χ4v) is 5.64. The number of nitrogens with zero attached hydrogens (tertiary/aromatic N) is 1. The van der Waals surface area contributed by atoms with E-state index >= 15 is 0 Å². The maximum Gasteiger partial charge on any atom is 0.224 e. The summed E-state index contributed by atoms with van der Waals surface area (Å²) in [5.41, 5.74) is 0.517. The van der Waals surface area contributed by atoms with Crippen LogP contribution < -0.4 is 5.32 Å². The monoisotopic (exact) mass is 314 g/mol. The smallest absolute Gasteiger partial charge is 0.224 e. The van der Waals surface area contributed by atoms with E-state index in [1.807, 2.05) is 4.90 Å². The Morgan fingerprint density at radius 3 is 2.43 bits per heavy atom. The Hall–Kier alpha value is -0.620. The first-order chi connectivity index (χ1) is 9.98. The highest BCUT2D eigenvalue weighted by Gasteiger charge is 2.38. The second-order valence-electron chi connectivity index (χ2n) is 7.06. The standard InChI is InChI=1S/C15H26N2O3S/c18-14(11-13-12-21(19,20)10-7-16-13)17-8-5-15(6-9-17)3-1-2-4-15/h13,16H,1-12H2. The van der Waals surface area contributed by atoms with Gasteiger partial charge in [-0.25, -0.2) is 8.42 Å². The van der Waals surface area contributed by atoms with Gasteiger partial charge in [0.25, 0.3) is 0 Å². The number of piperidine rings is 1. The zero-order valence-electron chi connectivity index (χ0n) is 12.6. The lowest BCUT2D eigenvalue weighted by molar-refractivity contribution is -0.133.